The Bertz CT molecular complexity index is 510. The fourth-order valence-corrected chi connectivity index (χ4v) is 2.26. The quantitative estimate of drug-likeness (QED) is 0.611. The largest absolute Gasteiger partial charge is 0.493 e. The lowest BCUT2D eigenvalue weighted by atomic mass is 10.3. The third-order valence-corrected chi connectivity index (χ3v) is 3.60. The number of rotatable bonds is 8. The smallest absolute Gasteiger partial charge is 0.306 e. The Balaban J connectivity index is 2.63. The van der Waals surface area contributed by atoms with Gasteiger partial charge in [-0.3, -0.25) is 4.79 Å². The van der Waals surface area contributed by atoms with Crippen LogP contribution in [0.2, 0.25) is 0 Å². The molecule has 3 N–H and O–H groups in total. The SMILES string of the molecule is O=C(O)CCOc1ccc(S(=O)(=O)NCCO)cc1. The molecule has 0 aliphatic rings. The highest BCUT2D eigenvalue weighted by Gasteiger charge is 2.12. The van der Waals surface area contributed by atoms with Crippen molar-refractivity contribution in [2.75, 3.05) is 19.8 Å². The van der Waals surface area contributed by atoms with Crippen LogP contribution in [0.3, 0.4) is 0 Å². The van der Waals surface area contributed by atoms with Crippen LogP contribution in [0.1, 0.15) is 6.42 Å². The fraction of sp³-hybridized carbons (Fsp3) is 0.364. The highest BCUT2D eigenvalue weighted by Crippen LogP contribution is 2.15. The Kier molecular flexibility index (Phi) is 5.74. The molecule has 0 fully saturated rings. The van der Waals surface area contributed by atoms with Gasteiger partial charge in [0.15, 0.2) is 0 Å². The molecule has 0 amide bonds. The van der Waals surface area contributed by atoms with Crippen LogP contribution in [-0.2, 0) is 14.8 Å². The van der Waals surface area contributed by atoms with Crippen molar-refractivity contribution in [3.8, 4) is 5.75 Å². The highest BCUT2D eigenvalue weighted by molar-refractivity contribution is 7.89. The number of sulfonamides is 1. The molecular formula is C11H15NO6S. The number of benzene rings is 1. The molecule has 0 saturated heterocycles. The summed E-state index contributed by atoms with van der Waals surface area (Å²) in [5.74, 6) is -0.574. The van der Waals surface area contributed by atoms with E-state index in [0.717, 1.165) is 0 Å². The number of carbonyl (C=O) groups is 1. The molecule has 0 heterocycles. The summed E-state index contributed by atoms with van der Waals surface area (Å²) in [6, 6.07) is 5.57. The van der Waals surface area contributed by atoms with E-state index >= 15 is 0 Å². The molecule has 7 nitrogen and oxygen atoms in total. The molecule has 0 spiro atoms. The second-order valence-electron chi connectivity index (χ2n) is 3.58. The summed E-state index contributed by atoms with van der Waals surface area (Å²) in [5, 5.41) is 17.0. The number of hydrogen-bond donors (Lipinski definition) is 3. The Morgan fingerprint density at radius 1 is 1.26 bits per heavy atom. The van der Waals surface area contributed by atoms with E-state index in [0.29, 0.717) is 5.75 Å². The van der Waals surface area contributed by atoms with Crippen LogP contribution < -0.4 is 9.46 Å². The average Bonchev–Trinajstić information content (AvgIpc) is 2.37. The van der Waals surface area contributed by atoms with E-state index in [4.69, 9.17) is 14.9 Å². The molecule has 106 valence electrons. The summed E-state index contributed by atoms with van der Waals surface area (Å²) in [6.07, 6.45) is -0.127. The molecule has 8 heteroatoms. The number of aliphatic hydroxyl groups is 1. The van der Waals surface area contributed by atoms with Gasteiger partial charge in [-0.25, -0.2) is 13.1 Å². The lowest BCUT2D eigenvalue weighted by Gasteiger charge is -2.07. The van der Waals surface area contributed by atoms with Crippen molar-refractivity contribution in [3.05, 3.63) is 24.3 Å². The molecule has 0 bridgehead atoms. The van der Waals surface area contributed by atoms with E-state index in [2.05, 4.69) is 4.72 Å². The molecule has 0 aliphatic carbocycles. The molecule has 0 aromatic heterocycles. The minimum absolute atomic E-state index is 0.0180. The first-order chi connectivity index (χ1) is 8.95. The van der Waals surface area contributed by atoms with Gasteiger partial charge in [0.1, 0.15) is 5.75 Å². The standard InChI is InChI=1S/C11H15NO6S/c13-7-6-12-19(16,17)10-3-1-9(2-4-10)18-8-5-11(14)15/h1-4,12-13H,5-8H2,(H,14,15). The lowest BCUT2D eigenvalue weighted by Crippen LogP contribution is -2.26. The maximum atomic E-state index is 11.7. The Hall–Kier alpha value is -1.64. The molecule has 0 unspecified atom stereocenters. The van der Waals surface area contributed by atoms with Crippen molar-refractivity contribution in [2.24, 2.45) is 0 Å². The van der Waals surface area contributed by atoms with E-state index in [9.17, 15) is 13.2 Å². The molecule has 19 heavy (non-hydrogen) atoms. The number of hydrogen-bond acceptors (Lipinski definition) is 5. The summed E-state index contributed by atoms with van der Waals surface area (Å²) in [7, 11) is -3.63. The molecule has 0 saturated carbocycles. The lowest BCUT2D eigenvalue weighted by molar-refractivity contribution is -0.137. The third-order valence-electron chi connectivity index (χ3n) is 2.12. The number of carboxylic acid groups (broad SMARTS) is 1. The van der Waals surface area contributed by atoms with Gasteiger partial charge < -0.3 is 14.9 Å². The van der Waals surface area contributed by atoms with Crippen molar-refractivity contribution >= 4 is 16.0 Å². The molecule has 1 rings (SSSR count). The summed E-state index contributed by atoms with van der Waals surface area (Å²) in [5.41, 5.74) is 0. The van der Waals surface area contributed by atoms with Crippen molar-refractivity contribution < 1.29 is 28.2 Å². The van der Waals surface area contributed by atoms with Gasteiger partial charge in [0.05, 0.1) is 24.5 Å². The second-order valence-corrected chi connectivity index (χ2v) is 5.35. The second kappa shape index (κ2) is 7.07. The minimum atomic E-state index is -3.63. The molecule has 1 aromatic rings. The monoisotopic (exact) mass is 289 g/mol. The number of ether oxygens (including phenoxy) is 1. The van der Waals surface area contributed by atoms with Crippen molar-refractivity contribution in [1.82, 2.24) is 4.72 Å². The topological polar surface area (TPSA) is 113 Å². The van der Waals surface area contributed by atoms with Gasteiger partial charge in [-0.1, -0.05) is 0 Å². The summed E-state index contributed by atoms with van der Waals surface area (Å²) in [6.45, 7) is -0.320. The highest BCUT2D eigenvalue weighted by atomic mass is 32.2. The van der Waals surface area contributed by atoms with Gasteiger partial charge in [-0.05, 0) is 24.3 Å². The predicted octanol–water partition coefficient (Wildman–Crippen LogP) is -0.189. The number of carboxylic acids is 1. The van der Waals surface area contributed by atoms with Crippen LogP contribution >= 0.6 is 0 Å². The zero-order valence-corrected chi connectivity index (χ0v) is 10.9. The van der Waals surface area contributed by atoms with Crippen LogP contribution in [0.25, 0.3) is 0 Å². The zero-order chi connectivity index (χ0) is 14.3. The molecule has 0 aliphatic heterocycles. The maximum Gasteiger partial charge on any atom is 0.306 e. The molecular weight excluding hydrogens is 274 g/mol. The maximum absolute atomic E-state index is 11.7. The van der Waals surface area contributed by atoms with Gasteiger partial charge in [0, 0.05) is 6.54 Å². The van der Waals surface area contributed by atoms with E-state index in [1.165, 1.54) is 24.3 Å². The first kappa shape index (κ1) is 15.4. The van der Waals surface area contributed by atoms with Gasteiger partial charge in [-0.15, -0.1) is 0 Å². The van der Waals surface area contributed by atoms with Gasteiger partial charge in [0.2, 0.25) is 10.0 Å². The summed E-state index contributed by atoms with van der Waals surface area (Å²) >= 11 is 0. The summed E-state index contributed by atoms with van der Waals surface area (Å²) in [4.78, 5) is 10.3. The zero-order valence-electron chi connectivity index (χ0n) is 10.1. The predicted molar refractivity (Wildman–Crippen MR) is 66.5 cm³/mol. The van der Waals surface area contributed by atoms with E-state index in [-0.39, 0.29) is 31.1 Å². The van der Waals surface area contributed by atoms with Crippen LogP contribution in [0, 0.1) is 0 Å². The number of aliphatic hydroxyl groups excluding tert-OH is 1. The van der Waals surface area contributed by atoms with E-state index in [1.807, 2.05) is 0 Å². The van der Waals surface area contributed by atoms with E-state index in [1.54, 1.807) is 0 Å². The number of nitrogens with one attached hydrogen (secondary N) is 1. The minimum Gasteiger partial charge on any atom is -0.493 e. The normalized spacial score (nSPS) is 11.2. The van der Waals surface area contributed by atoms with Gasteiger partial charge >= 0.3 is 5.97 Å². The summed E-state index contributed by atoms with van der Waals surface area (Å²) < 4.78 is 30.7. The van der Waals surface area contributed by atoms with Crippen LogP contribution in [0.15, 0.2) is 29.2 Å². The number of aliphatic carboxylic acids is 1. The van der Waals surface area contributed by atoms with Crippen LogP contribution in [-0.4, -0.2) is 44.4 Å². The van der Waals surface area contributed by atoms with Crippen molar-refractivity contribution in [2.45, 2.75) is 11.3 Å². The average molecular weight is 289 g/mol. The molecule has 1 aromatic carbocycles. The van der Waals surface area contributed by atoms with E-state index < -0.39 is 16.0 Å². The van der Waals surface area contributed by atoms with Gasteiger partial charge in [0.25, 0.3) is 0 Å². The van der Waals surface area contributed by atoms with Crippen molar-refractivity contribution in [3.63, 3.8) is 0 Å². The Morgan fingerprint density at radius 3 is 2.42 bits per heavy atom. The Morgan fingerprint density at radius 2 is 1.89 bits per heavy atom. The molecule has 0 radical (unpaired) electrons. The van der Waals surface area contributed by atoms with Crippen LogP contribution in [0.5, 0.6) is 5.75 Å². The fourth-order valence-electron chi connectivity index (χ4n) is 1.23. The first-order valence-corrected chi connectivity index (χ1v) is 6.99. The Labute approximate surface area is 110 Å². The third kappa shape index (κ3) is 5.25. The van der Waals surface area contributed by atoms with Crippen molar-refractivity contribution in [1.29, 1.82) is 0 Å². The molecule has 0 atom stereocenters. The first-order valence-electron chi connectivity index (χ1n) is 5.51. The van der Waals surface area contributed by atoms with Gasteiger partial charge in [-0.2, -0.15) is 0 Å². The van der Waals surface area contributed by atoms with Crippen LogP contribution in [0.4, 0.5) is 0 Å².